The number of nitrogens with one attached hydrogen (secondary N) is 1. The number of carbonyl (C=O) groups excluding carboxylic acids is 1. The van der Waals surface area contributed by atoms with Gasteiger partial charge in [-0.2, -0.15) is 0 Å². The number of ether oxygens (including phenoxy) is 1. The molecule has 1 saturated carbocycles. The minimum absolute atomic E-state index is 0.284. The summed E-state index contributed by atoms with van der Waals surface area (Å²) < 4.78 is 4.92. The molecule has 13 heavy (non-hydrogen) atoms. The minimum atomic E-state index is -0.914. The standard InChI is InChI=1S/C9H16ClNO2/c1-9(2,10)13-8(12)11-7-5-3-4-6-7/h7H,3-6H2,1-2H3,(H,11,12). The number of amides is 1. The van der Waals surface area contributed by atoms with E-state index < -0.39 is 11.2 Å². The lowest BCUT2D eigenvalue weighted by molar-refractivity contribution is 0.0902. The second kappa shape index (κ2) is 4.18. The lowest BCUT2D eigenvalue weighted by atomic mass is 10.3. The van der Waals surface area contributed by atoms with E-state index in [1.807, 2.05) is 0 Å². The van der Waals surface area contributed by atoms with Crippen LogP contribution < -0.4 is 5.32 Å². The van der Waals surface area contributed by atoms with Crippen molar-refractivity contribution in [1.29, 1.82) is 0 Å². The van der Waals surface area contributed by atoms with Crippen molar-refractivity contribution in [3.63, 3.8) is 0 Å². The van der Waals surface area contributed by atoms with Crippen LogP contribution >= 0.6 is 11.6 Å². The van der Waals surface area contributed by atoms with Crippen LogP contribution in [0.25, 0.3) is 0 Å². The van der Waals surface area contributed by atoms with Gasteiger partial charge in [0.2, 0.25) is 0 Å². The highest BCUT2D eigenvalue weighted by atomic mass is 35.5. The van der Waals surface area contributed by atoms with E-state index in [4.69, 9.17) is 16.3 Å². The van der Waals surface area contributed by atoms with Crippen LogP contribution in [-0.4, -0.2) is 17.2 Å². The van der Waals surface area contributed by atoms with Gasteiger partial charge in [-0.25, -0.2) is 4.79 Å². The Balaban J connectivity index is 2.24. The molecule has 1 N–H and O–H groups in total. The normalized spacial score (nSPS) is 18.7. The average molecular weight is 206 g/mol. The third-order valence-corrected chi connectivity index (χ3v) is 2.09. The molecule has 0 bridgehead atoms. The van der Waals surface area contributed by atoms with Crippen LogP contribution in [0.3, 0.4) is 0 Å². The Labute approximate surface area is 83.8 Å². The van der Waals surface area contributed by atoms with Gasteiger partial charge in [0.05, 0.1) is 0 Å². The summed E-state index contributed by atoms with van der Waals surface area (Å²) in [6.45, 7) is 3.28. The highest BCUT2D eigenvalue weighted by Gasteiger charge is 2.22. The van der Waals surface area contributed by atoms with Gasteiger partial charge in [0, 0.05) is 6.04 Å². The van der Waals surface area contributed by atoms with Gasteiger partial charge in [0.15, 0.2) is 5.06 Å². The zero-order chi connectivity index (χ0) is 9.90. The van der Waals surface area contributed by atoms with Crippen molar-refractivity contribution >= 4 is 17.7 Å². The summed E-state index contributed by atoms with van der Waals surface area (Å²) in [6, 6.07) is 0.284. The summed E-state index contributed by atoms with van der Waals surface area (Å²) in [7, 11) is 0. The van der Waals surface area contributed by atoms with Gasteiger partial charge < -0.3 is 10.1 Å². The second-order valence-electron chi connectivity index (χ2n) is 3.88. The third-order valence-electron chi connectivity index (χ3n) is 2.01. The fraction of sp³-hybridized carbons (Fsp3) is 0.889. The van der Waals surface area contributed by atoms with E-state index in [2.05, 4.69) is 5.32 Å². The maximum Gasteiger partial charge on any atom is 0.409 e. The summed E-state index contributed by atoms with van der Waals surface area (Å²) in [5.74, 6) is 0. The zero-order valence-corrected chi connectivity index (χ0v) is 8.86. The first-order chi connectivity index (χ1) is 5.97. The van der Waals surface area contributed by atoms with Gasteiger partial charge in [0.1, 0.15) is 0 Å². The Hall–Kier alpha value is -0.440. The van der Waals surface area contributed by atoms with Crippen LogP contribution in [0, 0.1) is 0 Å². The Morgan fingerprint density at radius 1 is 1.46 bits per heavy atom. The van der Waals surface area contributed by atoms with Crippen molar-refractivity contribution in [2.75, 3.05) is 0 Å². The molecule has 0 aromatic carbocycles. The van der Waals surface area contributed by atoms with Crippen LogP contribution in [0.4, 0.5) is 4.79 Å². The molecule has 0 radical (unpaired) electrons. The quantitative estimate of drug-likeness (QED) is 0.704. The van der Waals surface area contributed by atoms with Gasteiger partial charge in [-0.15, -0.1) is 0 Å². The Kier molecular flexibility index (Phi) is 3.42. The lowest BCUT2D eigenvalue weighted by Crippen LogP contribution is -2.36. The first-order valence-corrected chi connectivity index (χ1v) is 5.03. The van der Waals surface area contributed by atoms with E-state index in [0.29, 0.717) is 0 Å². The monoisotopic (exact) mass is 205 g/mol. The highest BCUT2D eigenvalue weighted by Crippen LogP contribution is 2.19. The van der Waals surface area contributed by atoms with Crippen LogP contribution in [0.5, 0.6) is 0 Å². The topological polar surface area (TPSA) is 38.3 Å². The molecule has 0 spiro atoms. The zero-order valence-electron chi connectivity index (χ0n) is 8.10. The molecule has 76 valence electrons. The molecule has 3 nitrogen and oxygen atoms in total. The SMILES string of the molecule is CC(C)(Cl)OC(=O)NC1CCCC1. The van der Waals surface area contributed by atoms with E-state index >= 15 is 0 Å². The number of alkyl carbamates (subject to hydrolysis) is 1. The van der Waals surface area contributed by atoms with Gasteiger partial charge in [0.25, 0.3) is 0 Å². The van der Waals surface area contributed by atoms with Crippen molar-refractivity contribution in [3.05, 3.63) is 0 Å². The summed E-state index contributed by atoms with van der Waals surface area (Å²) in [5, 5.41) is 1.88. The molecule has 1 amide bonds. The first kappa shape index (κ1) is 10.6. The van der Waals surface area contributed by atoms with Crippen LogP contribution in [0.2, 0.25) is 0 Å². The molecule has 0 aliphatic heterocycles. The molecule has 0 atom stereocenters. The van der Waals surface area contributed by atoms with Crippen LogP contribution in [0.1, 0.15) is 39.5 Å². The average Bonchev–Trinajstić information content (AvgIpc) is 2.34. The number of rotatable bonds is 2. The predicted octanol–water partition coefficient (Wildman–Crippen LogP) is 2.63. The maximum atomic E-state index is 11.2. The summed E-state index contributed by atoms with van der Waals surface area (Å²) in [6.07, 6.45) is 4.08. The summed E-state index contributed by atoms with van der Waals surface area (Å²) >= 11 is 5.73. The summed E-state index contributed by atoms with van der Waals surface area (Å²) in [4.78, 5) is 11.2. The molecule has 0 unspecified atom stereocenters. The Morgan fingerprint density at radius 3 is 2.46 bits per heavy atom. The molecule has 0 aromatic heterocycles. The fourth-order valence-electron chi connectivity index (χ4n) is 1.49. The molecule has 1 aliphatic carbocycles. The molecule has 0 saturated heterocycles. The largest absolute Gasteiger partial charge is 0.428 e. The molecule has 4 heteroatoms. The van der Waals surface area contributed by atoms with Gasteiger partial charge in [-0.05, 0) is 26.7 Å². The number of halogens is 1. The van der Waals surface area contributed by atoms with Crippen molar-refractivity contribution in [2.45, 2.75) is 50.6 Å². The summed E-state index contributed by atoms with van der Waals surface area (Å²) in [5.41, 5.74) is 0. The Bertz CT molecular complexity index is 183. The maximum absolute atomic E-state index is 11.2. The molecule has 0 heterocycles. The first-order valence-electron chi connectivity index (χ1n) is 4.66. The van der Waals surface area contributed by atoms with Gasteiger partial charge >= 0.3 is 6.09 Å². The lowest BCUT2D eigenvalue weighted by Gasteiger charge is -2.19. The number of hydrogen-bond acceptors (Lipinski definition) is 2. The van der Waals surface area contributed by atoms with E-state index in [1.54, 1.807) is 13.8 Å². The minimum Gasteiger partial charge on any atom is -0.428 e. The third kappa shape index (κ3) is 4.36. The van der Waals surface area contributed by atoms with Crippen LogP contribution in [-0.2, 0) is 4.74 Å². The molecule has 1 aliphatic rings. The molecular formula is C9H16ClNO2. The second-order valence-corrected chi connectivity index (χ2v) is 4.79. The molecule has 0 aromatic rings. The van der Waals surface area contributed by atoms with Gasteiger partial charge in [-0.3, -0.25) is 0 Å². The predicted molar refractivity (Wildman–Crippen MR) is 51.8 cm³/mol. The highest BCUT2D eigenvalue weighted by molar-refractivity contribution is 6.22. The van der Waals surface area contributed by atoms with Crippen molar-refractivity contribution < 1.29 is 9.53 Å². The van der Waals surface area contributed by atoms with Crippen molar-refractivity contribution in [1.82, 2.24) is 5.32 Å². The van der Waals surface area contributed by atoms with Gasteiger partial charge in [-0.1, -0.05) is 24.4 Å². The smallest absolute Gasteiger partial charge is 0.409 e. The Morgan fingerprint density at radius 2 is 2.00 bits per heavy atom. The van der Waals surface area contributed by atoms with Crippen molar-refractivity contribution in [2.24, 2.45) is 0 Å². The molecule has 1 rings (SSSR count). The van der Waals surface area contributed by atoms with E-state index in [0.717, 1.165) is 12.8 Å². The number of hydrogen-bond donors (Lipinski definition) is 1. The number of carbonyl (C=O) groups is 1. The van der Waals surface area contributed by atoms with Crippen molar-refractivity contribution in [3.8, 4) is 0 Å². The van der Waals surface area contributed by atoms with Crippen LogP contribution in [0.15, 0.2) is 0 Å². The fourth-order valence-corrected chi connectivity index (χ4v) is 1.56. The van der Waals surface area contributed by atoms with E-state index in [-0.39, 0.29) is 6.04 Å². The van der Waals surface area contributed by atoms with E-state index in [1.165, 1.54) is 12.8 Å². The number of alkyl halides is 1. The molecular weight excluding hydrogens is 190 g/mol. The molecule has 1 fully saturated rings. The van der Waals surface area contributed by atoms with E-state index in [9.17, 15) is 4.79 Å².